The minimum Gasteiger partial charge on any atom is -0.493 e. The molecule has 5 heterocycles. The number of fused-ring (bicyclic) bond motifs is 1. The number of nitrogens with one attached hydrogen (secondary N) is 1. The quantitative estimate of drug-likeness (QED) is 0.597. The van der Waals surface area contributed by atoms with Crippen molar-refractivity contribution in [2.45, 2.75) is 6.10 Å². The molecule has 0 atom stereocenters. The third-order valence-corrected chi connectivity index (χ3v) is 6.60. The molecule has 0 bridgehead atoms. The summed E-state index contributed by atoms with van der Waals surface area (Å²) in [5, 5.41) is 3.42. The first-order valence-corrected chi connectivity index (χ1v) is 11.2. The number of carbonyl (C=O) groups is 1. The molecule has 11 heteroatoms. The average Bonchev–Trinajstić information content (AvgIpc) is 3.22. The van der Waals surface area contributed by atoms with Crippen molar-refractivity contribution in [2.24, 2.45) is 0 Å². The van der Waals surface area contributed by atoms with Crippen LogP contribution in [-0.4, -0.2) is 80.6 Å². The highest BCUT2D eigenvalue weighted by molar-refractivity contribution is 7.23. The second kappa shape index (κ2) is 8.85. The topological polar surface area (TPSA) is 102 Å². The SMILES string of the molecule is COc1cnc(N2CCOCC2)c2sc(NC(=O)c3ccnc(N4CC(OC)C4)c3)nc12. The molecule has 2 aliphatic rings. The van der Waals surface area contributed by atoms with Crippen molar-refractivity contribution in [3.63, 3.8) is 0 Å². The Hall–Kier alpha value is -3.02. The fourth-order valence-electron chi connectivity index (χ4n) is 3.76. The number of methoxy groups -OCH3 is 2. The van der Waals surface area contributed by atoms with Gasteiger partial charge in [0.15, 0.2) is 10.9 Å². The molecule has 1 amide bonds. The van der Waals surface area contributed by atoms with Gasteiger partial charge in [0.25, 0.3) is 5.91 Å². The zero-order valence-corrected chi connectivity index (χ0v) is 18.7. The number of morpholine rings is 1. The molecule has 2 aliphatic heterocycles. The third kappa shape index (κ3) is 3.94. The van der Waals surface area contributed by atoms with Crippen LogP contribution in [0.4, 0.5) is 16.8 Å². The van der Waals surface area contributed by atoms with E-state index in [2.05, 4.69) is 30.1 Å². The van der Waals surface area contributed by atoms with Gasteiger partial charge in [-0.15, -0.1) is 0 Å². The smallest absolute Gasteiger partial charge is 0.257 e. The Morgan fingerprint density at radius 2 is 2.03 bits per heavy atom. The number of ether oxygens (including phenoxy) is 3. The van der Waals surface area contributed by atoms with Crippen LogP contribution < -0.4 is 19.9 Å². The lowest BCUT2D eigenvalue weighted by Gasteiger charge is -2.39. The highest BCUT2D eigenvalue weighted by Crippen LogP contribution is 2.38. The van der Waals surface area contributed by atoms with Gasteiger partial charge in [-0.25, -0.2) is 15.0 Å². The second-order valence-corrected chi connectivity index (χ2v) is 8.56. The number of hydrogen-bond acceptors (Lipinski definition) is 10. The summed E-state index contributed by atoms with van der Waals surface area (Å²) in [6.45, 7) is 4.36. The molecule has 0 spiro atoms. The summed E-state index contributed by atoms with van der Waals surface area (Å²) in [4.78, 5) is 30.8. The summed E-state index contributed by atoms with van der Waals surface area (Å²) in [6.07, 6.45) is 3.53. The van der Waals surface area contributed by atoms with Crippen molar-refractivity contribution in [3.05, 3.63) is 30.1 Å². The van der Waals surface area contributed by atoms with Crippen molar-refractivity contribution >= 4 is 44.2 Å². The number of thiazole rings is 1. The number of carbonyl (C=O) groups excluding carboxylic acids is 1. The van der Waals surface area contributed by atoms with E-state index in [9.17, 15) is 4.79 Å². The van der Waals surface area contributed by atoms with Crippen molar-refractivity contribution in [1.29, 1.82) is 0 Å². The van der Waals surface area contributed by atoms with Crippen molar-refractivity contribution in [1.82, 2.24) is 15.0 Å². The van der Waals surface area contributed by atoms with Crippen LogP contribution in [0.5, 0.6) is 5.75 Å². The van der Waals surface area contributed by atoms with Gasteiger partial charge in [0, 0.05) is 45.0 Å². The van der Waals surface area contributed by atoms with E-state index in [0.717, 1.165) is 42.5 Å². The van der Waals surface area contributed by atoms with Gasteiger partial charge in [0.1, 0.15) is 21.9 Å². The number of rotatable bonds is 6. The normalized spacial score (nSPS) is 16.8. The molecule has 0 saturated carbocycles. The molecule has 0 unspecified atom stereocenters. The minimum absolute atomic E-state index is 0.210. The first-order chi connectivity index (χ1) is 15.7. The van der Waals surface area contributed by atoms with E-state index in [1.807, 2.05) is 0 Å². The average molecular weight is 457 g/mol. The molecule has 168 valence electrons. The van der Waals surface area contributed by atoms with E-state index >= 15 is 0 Å². The van der Waals surface area contributed by atoms with Gasteiger partial charge in [-0.1, -0.05) is 11.3 Å². The van der Waals surface area contributed by atoms with Crippen LogP contribution in [0, 0.1) is 0 Å². The maximum absolute atomic E-state index is 12.9. The molecule has 5 rings (SSSR count). The summed E-state index contributed by atoms with van der Waals surface area (Å²) >= 11 is 1.39. The lowest BCUT2D eigenvalue weighted by Crippen LogP contribution is -2.52. The van der Waals surface area contributed by atoms with Gasteiger partial charge in [0.2, 0.25) is 0 Å². The first-order valence-electron chi connectivity index (χ1n) is 10.4. The fourth-order valence-corrected chi connectivity index (χ4v) is 4.75. The Bertz CT molecular complexity index is 1130. The molecule has 2 fully saturated rings. The number of pyridine rings is 2. The van der Waals surface area contributed by atoms with E-state index in [1.54, 1.807) is 38.7 Å². The minimum atomic E-state index is -0.239. The summed E-state index contributed by atoms with van der Waals surface area (Å²) < 4.78 is 17.1. The van der Waals surface area contributed by atoms with Crippen LogP contribution in [-0.2, 0) is 9.47 Å². The molecule has 0 radical (unpaired) electrons. The predicted molar refractivity (Wildman–Crippen MR) is 122 cm³/mol. The maximum atomic E-state index is 12.9. The molecular weight excluding hydrogens is 432 g/mol. The largest absolute Gasteiger partial charge is 0.493 e. The fraction of sp³-hybridized carbons (Fsp3) is 0.429. The molecule has 3 aromatic heterocycles. The van der Waals surface area contributed by atoms with Crippen molar-refractivity contribution in [2.75, 3.05) is 68.7 Å². The Labute approximate surface area is 189 Å². The Morgan fingerprint density at radius 1 is 1.22 bits per heavy atom. The second-order valence-electron chi connectivity index (χ2n) is 7.57. The number of amides is 1. The van der Waals surface area contributed by atoms with E-state index < -0.39 is 0 Å². The molecule has 32 heavy (non-hydrogen) atoms. The van der Waals surface area contributed by atoms with E-state index in [-0.39, 0.29) is 12.0 Å². The summed E-state index contributed by atoms with van der Waals surface area (Å²) in [5.41, 5.74) is 1.21. The number of anilines is 3. The van der Waals surface area contributed by atoms with Gasteiger partial charge < -0.3 is 24.0 Å². The van der Waals surface area contributed by atoms with Gasteiger partial charge in [-0.2, -0.15) is 0 Å². The molecule has 10 nitrogen and oxygen atoms in total. The van der Waals surface area contributed by atoms with E-state index in [0.29, 0.717) is 35.2 Å². The van der Waals surface area contributed by atoms with Crippen molar-refractivity contribution in [3.8, 4) is 5.75 Å². The standard InChI is InChI=1S/C21H24N6O4S/c1-29-14-11-27(12-14)16-9-13(3-4-22-16)20(28)25-21-24-17-15(30-2)10-23-19(18(17)32-21)26-5-7-31-8-6-26/h3-4,9-10,14H,5-8,11-12H2,1-2H3,(H,24,25,28). The molecule has 0 aliphatic carbocycles. The number of nitrogens with zero attached hydrogens (tertiary/aromatic N) is 5. The maximum Gasteiger partial charge on any atom is 0.257 e. The first kappa shape index (κ1) is 20.9. The predicted octanol–water partition coefficient (Wildman–Crippen LogP) is 2.02. The van der Waals surface area contributed by atoms with Crippen LogP contribution in [0.15, 0.2) is 24.5 Å². The van der Waals surface area contributed by atoms with Gasteiger partial charge >= 0.3 is 0 Å². The highest BCUT2D eigenvalue weighted by atomic mass is 32.1. The lowest BCUT2D eigenvalue weighted by molar-refractivity contribution is 0.0783. The Morgan fingerprint density at radius 3 is 2.78 bits per heavy atom. The highest BCUT2D eigenvalue weighted by Gasteiger charge is 2.28. The van der Waals surface area contributed by atoms with Crippen LogP contribution in [0.1, 0.15) is 10.4 Å². The zero-order chi connectivity index (χ0) is 22.1. The lowest BCUT2D eigenvalue weighted by atomic mass is 10.1. The van der Waals surface area contributed by atoms with Crippen LogP contribution >= 0.6 is 11.3 Å². The molecule has 1 N–H and O–H groups in total. The zero-order valence-electron chi connectivity index (χ0n) is 17.9. The van der Waals surface area contributed by atoms with Crippen LogP contribution in [0.25, 0.3) is 10.2 Å². The molecule has 3 aromatic rings. The Kier molecular flexibility index (Phi) is 5.77. The van der Waals surface area contributed by atoms with E-state index in [1.165, 1.54) is 11.3 Å². The summed E-state index contributed by atoms with van der Waals surface area (Å²) in [5.74, 6) is 1.93. The molecule has 0 aromatic carbocycles. The van der Waals surface area contributed by atoms with Gasteiger partial charge in [0.05, 0.1) is 32.6 Å². The Balaban J connectivity index is 1.39. The van der Waals surface area contributed by atoms with Gasteiger partial charge in [-0.3, -0.25) is 10.1 Å². The number of aromatic nitrogens is 3. The van der Waals surface area contributed by atoms with Gasteiger partial charge in [-0.05, 0) is 12.1 Å². The van der Waals surface area contributed by atoms with Crippen molar-refractivity contribution < 1.29 is 19.0 Å². The molecular formula is C21H24N6O4S. The summed E-state index contributed by atoms with van der Waals surface area (Å²) in [7, 11) is 3.29. The molecule has 2 saturated heterocycles. The van der Waals surface area contributed by atoms with Crippen LogP contribution in [0.2, 0.25) is 0 Å². The monoisotopic (exact) mass is 456 g/mol. The van der Waals surface area contributed by atoms with E-state index in [4.69, 9.17) is 14.2 Å². The third-order valence-electron chi connectivity index (χ3n) is 5.63. The van der Waals surface area contributed by atoms with Crippen LogP contribution in [0.3, 0.4) is 0 Å². The number of hydrogen-bond donors (Lipinski definition) is 1. The summed E-state index contributed by atoms with van der Waals surface area (Å²) in [6, 6.07) is 3.48.